The Labute approximate surface area is 234 Å². The third-order valence-corrected chi connectivity index (χ3v) is 7.33. The molecule has 0 fully saturated rings. The number of ether oxygens (including phenoxy) is 2. The fourth-order valence-corrected chi connectivity index (χ4v) is 5.12. The molecule has 1 aromatic heterocycles. The zero-order valence-electron chi connectivity index (χ0n) is 22.1. The quantitative estimate of drug-likeness (QED) is 0.207. The van der Waals surface area contributed by atoms with Gasteiger partial charge < -0.3 is 13.9 Å². The fourth-order valence-electron chi connectivity index (χ4n) is 4.76. The molecule has 0 aliphatic carbocycles. The van der Waals surface area contributed by atoms with E-state index in [4.69, 9.17) is 13.9 Å². The second-order valence-corrected chi connectivity index (χ2v) is 10.9. The summed E-state index contributed by atoms with van der Waals surface area (Å²) in [6, 6.07) is 16.5. The molecule has 0 bridgehead atoms. The molecule has 1 unspecified atom stereocenters. The normalized spacial score (nSPS) is 14.7. The van der Waals surface area contributed by atoms with Gasteiger partial charge in [0.2, 0.25) is 5.76 Å². The van der Waals surface area contributed by atoms with Crippen LogP contribution in [0.2, 0.25) is 0 Å². The number of nitrogens with zero attached hydrogens (tertiary/aromatic N) is 1. The van der Waals surface area contributed by atoms with E-state index in [0.717, 1.165) is 10.9 Å². The van der Waals surface area contributed by atoms with Gasteiger partial charge in [-0.1, -0.05) is 35.8 Å². The number of anilines is 1. The van der Waals surface area contributed by atoms with Crippen molar-refractivity contribution in [2.24, 2.45) is 5.92 Å². The van der Waals surface area contributed by atoms with Gasteiger partial charge >= 0.3 is 0 Å². The van der Waals surface area contributed by atoms with Crippen molar-refractivity contribution in [3.05, 3.63) is 97.8 Å². The molecule has 7 nitrogen and oxygen atoms in total. The summed E-state index contributed by atoms with van der Waals surface area (Å²) < 4.78 is 18.4. The molecule has 0 radical (unpaired) electrons. The first-order valence-corrected chi connectivity index (χ1v) is 13.5. The molecule has 2 heterocycles. The van der Waals surface area contributed by atoms with Crippen molar-refractivity contribution in [3.8, 4) is 11.5 Å². The van der Waals surface area contributed by atoms with E-state index in [9.17, 15) is 14.4 Å². The molecule has 8 heteroatoms. The summed E-state index contributed by atoms with van der Waals surface area (Å²) in [5.74, 6) is 1.04. The lowest BCUT2D eigenvalue weighted by atomic mass is 9.97. The summed E-state index contributed by atoms with van der Waals surface area (Å²) in [6.07, 6.45) is 0.892. The van der Waals surface area contributed by atoms with Gasteiger partial charge in [-0.25, -0.2) is 0 Å². The van der Waals surface area contributed by atoms with Crippen LogP contribution in [0.15, 0.2) is 74.3 Å². The van der Waals surface area contributed by atoms with Gasteiger partial charge in [0.15, 0.2) is 22.7 Å². The predicted octanol–water partition coefficient (Wildman–Crippen LogP) is 6.94. The molecule has 0 saturated heterocycles. The van der Waals surface area contributed by atoms with E-state index in [1.807, 2.05) is 6.07 Å². The highest BCUT2D eigenvalue weighted by Gasteiger charge is 2.44. The minimum Gasteiger partial charge on any atom is -0.493 e. The SMILES string of the molecule is COc1cc(C2c3c(oc4ccc(Br)cc4c3=O)C(=O)N2c2ccc(C(C)=O)cc2)ccc1OCCC(C)C. The average Bonchev–Trinajstić information content (AvgIpc) is 3.21. The third-order valence-electron chi connectivity index (χ3n) is 6.84. The van der Waals surface area contributed by atoms with Crippen LogP contribution in [0.25, 0.3) is 11.0 Å². The van der Waals surface area contributed by atoms with Crippen molar-refractivity contribution >= 4 is 44.3 Å². The van der Waals surface area contributed by atoms with Gasteiger partial charge in [0, 0.05) is 15.7 Å². The number of carbonyl (C=O) groups excluding carboxylic acids is 2. The summed E-state index contributed by atoms with van der Waals surface area (Å²) in [7, 11) is 1.56. The van der Waals surface area contributed by atoms with Crippen LogP contribution in [-0.4, -0.2) is 25.4 Å². The number of methoxy groups -OCH3 is 1. The number of Topliss-reactive ketones (excluding diaryl/α,β-unsaturated/α-hetero) is 1. The summed E-state index contributed by atoms with van der Waals surface area (Å²) in [6.45, 7) is 6.28. The molecular formula is C31H28BrNO6. The standard InChI is InChI=1S/C31H28BrNO6/c1-17(2)13-14-38-25-11-7-20(15-26(25)37-4)28-27-29(35)23-16-21(32)8-12-24(23)39-30(27)31(36)33(28)22-9-5-19(6-10-22)18(3)34/h5-12,15-17,28H,13-14H2,1-4H3. The Balaban J connectivity index is 1.68. The number of halogens is 1. The van der Waals surface area contributed by atoms with Crippen LogP contribution in [0.5, 0.6) is 11.5 Å². The van der Waals surface area contributed by atoms with Crippen molar-refractivity contribution in [1.82, 2.24) is 0 Å². The predicted molar refractivity (Wildman–Crippen MR) is 153 cm³/mol. The Hall–Kier alpha value is -3.91. The lowest BCUT2D eigenvalue weighted by Gasteiger charge is -2.26. The van der Waals surface area contributed by atoms with Crippen molar-refractivity contribution in [3.63, 3.8) is 0 Å². The van der Waals surface area contributed by atoms with Crippen LogP contribution in [-0.2, 0) is 0 Å². The Morgan fingerprint density at radius 2 is 1.77 bits per heavy atom. The maximum absolute atomic E-state index is 13.9. The van der Waals surface area contributed by atoms with Crippen LogP contribution in [0.3, 0.4) is 0 Å². The molecule has 1 atom stereocenters. The highest BCUT2D eigenvalue weighted by atomic mass is 79.9. The average molecular weight is 590 g/mol. The first-order chi connectivity index (χ1) is 18.7. The monoisotopic (exact) mass is 589 g/mol. The van der Waals surface area contributed by atoms with E-state index in [-0.39, 0.29) is 22.5 Å². The molecule has 3 aromatic carbocycles. The molecule has 5 rings (SSSR count). The molecule has 1 aliphatic rings. The number of rotatable bonds is 8. The van der Waals surface area contributed by atoms with Gasteiger partial charge in [0.1, 0.15) is 5.58 Å². The van der Waals surface area contributed by atoms with E-state index in [2.05, 4.69) is 29.8 Å². The summed E-state index contributed by atoms with van der Waals surface area (Å²) in [4.78, 5) is 41.1. The number of carbonyl (C=O) groups is 2. The van der Waals surface area contributed by atoms with E-state index in [0.29, 0.717) is 51.8 Å². The second kappa shape index (κ2) is 10.7. The Bertz CT molecular complexity index is 1640. The van der Waals surface area contributed by atoms with Crippen LogP contribution in [0.1, 0.15) is 65.3 Å². The number of hydrogen-bond donors (Lipinski definition) is 0. The van der Waals surface area contributed by atoms with Crippen LogP contribution < -0.4 is 19.8 Å². The van der Waals surface area contributed by atoms with Crippen molar-refractivity contribution < 1.29 is 23.5 Å². The molecule has 1 aliphatic heterocycles. The smallest absolute Gasteiger partial charge is 0.295 e. The number of hydrogen-bond acceptors (Lipinski definition) is 6. The van der Waals surface area contributed by atoms with Crippen molar-refractivity contribution in [1.29, 1.82) is 0 Å². The van der Waals surface area contributed by atoms with Crippen LogP contribution >= 0.6 is 15.9 Å². The Morgan fingerprint density at radius 3 is 2.44 bits per heavy atom. The van der Waals surface area contributed by atoms with Gasteiger partial charge in [-0.2, -0.15) is 0 Å². The van der Waals surface area contributed by atoms with Gasteiger partial charge in [-0.3, -0.25) is 19.3 Å². The van der Waals surface area contributed by atoms with Gasteiger partial charge in [0.25, 0.3) is 5.91 Å². The van der Waals surface area contributed by atoms with Crippen LogP contribution in [0.4, 0.5) is 5.69 Å². The van der Waals surface area contributed by atoms with E-state index >= 15 is 0 Å². The largest absolute Gasteiger partial charge is 0.493 e. The molecule has 0 N–H and O–H groups in total. The number of benzene rings is 3. The molecule has 200 valence electrons. The molecule has 39 heavy (non-hydrogen) atoms. The maximum atomic E-state index is 13.9. The maximum Gasteiger partial charge on any atom is 0.295 e. The molecule has 1 amide bonds. The number of ketones is 1. The van der Waals surface area contributed by atoms with Gasteiger partial charge in [0.05, 0.1) is 30.7 Å². The second-order valence-electron chi connectivity index (χ2n) is 9.94. The summed E-state index contributed by atoms with van der Waals surface area (Å²) >= 11 is 3.43. The topological polar surface area (TPSA) is 86.0 Å². The number of fused-ring (bicyclic) bond motifs is 2. The molecular weight excluding hydrogens is 562 g/mol. The van der Waals surface area contributed by atoms with E-state index in [1.54, 1.807) is 61.7 Å². The molecule has 0 spiro atoms. The van der Waals surface area contributed by atoms with E-state index < -0.39 is 11.9 Å². The van der Waals surface area contributed by atoms with Gasteiger partial charge in [-0.15, -0.1) is 0 Å². The lowest BCUT2D eigenvalue weighted by Crippen LogP contribution is -2.29. The molecule has 0 saturated carbocycles. The minimum atomic E-state index is -0.783. The Kier molecular flexibility index (Phi) is 7.32. The van der Waals surface area contributed by atoms with Crippen molar-refractivity contribution in [2.75, 3.05) is 18.6 Å². The van der Waals surface area contributed by atoms with Gasteiger partial charge in [-0.05, 0) is 79.4 Å². The lowest BCUT2D eigenvalue weighted by molar-refractivity contribution is 0.0970. The first kappa shape index (κ1) is 26.7. The third kappa shape index (κ3) is 4.96. The summed E-state index contributed by atoms with van der Waals surface area (Å²) in [5.41, 5.74) is 2.00. The highest BCUT2D eigenvalue weighted by molar-refractivity contribution is 9.10. The Morgan fingerprint density at radius 1 is 1.03 bits per heavy atom. The van der Waals surface area contributed by atoms with Crippen molar-refractivity contribution in [2.45, 2.75) is 33.2 Å². The molecule has 4 aromatic rings. The number of amides is 1. The highest BCUT2D eigenvalue weighted by Crippen LogP contribution is 2.43. The minimum absolute atomic E-state index is 0.00769. The zero-order valence-corrected chi connectivity index (χ0v) is 23.7. The zero-order chi connectivity index (χ0) is 27.8. The summed E-state index contributed by atoms with van der Waals surface area (Å²) in [5, 5.41) is 0.371. The van der Waals surface area contributed by atoms with Crippen LogP contribution in [0, 0.1) is 5.92 Å². The fraction of sp³-hybridized carbons (Fsp3) is 0.258. The first-order valence-electron chi connectivity index (χ1n) is 12.7. The van der Waals surface area contributed by atoms with E-state index in [1.165, 1.54) is 11.8 Å².